The van der Waals surface area contributed by atoms with Crippen LogP contribution >= 0.6 is 11.6 Å². The lowest BCUT2D eigenvalue weighted by Gasteiger charge is -2.07. The number of ether oxygens (including phenoxy) is 1. The lowest BCUT2D eigenvalue weighted by Crippen LogP contribution is -1.98. The molecule has 0 aliphatic heterocycles. The number of rotatable bonds is 10. The molecule has 0 aliphatic rings. The molecule has 1 aromatic rings. The van der Waals surface area contributed by atoms with Crippen molar-refractivity contribution in [3.63, 3.8) is 0 Å². The van der Waals surface area contributed by atoms with Crippen molar-refractivity contribution in [3.05, 3.63) is 29.6 Å². The molecular weight excluding hydrogens is 263 g/mol. The van der Waals surface area contributed by atoms with Gasteiger partial charge in [-0.3, -0.25) is 0 Å². The molecular formula is C16H24ClFO. The second-order valence-corrected chi connectivity index (χ2v) is 5.17. The maximum atomic E-state index is 13.2. The zero-order valence-corrected chi connectivity index (χ0v) is 12.5. The van der Waals surface area contributed by atoms with Gasteiger partial charge in [0.05, 0.1) is 6.61 Å². The molecule has 1 rings (SSSR count). The van der Waals surface area contributed by atoms with Gasteiger partial charge < -0.3 is 4.74 Å². The van der Waals surface area contributed by atoms with Crippen molar-refractivity contribution in [2.45, 2.75) is 57.7 Å². The van der Waals surface area contributed by atoms with Gasteiger partial charge in [-0.1, -0.05) is 45.4 Å². The standard InChI is InChI=1S/C16H24ClFO/c1-2-3-4-5-6-7-8-9-19-16-11-14(13-17)10-15(18)12-16/h10-12H,2-9,13H2,1H3. The lowest BCUT2D eigenvalue weighted by molar-refractivity contribution is 0.302. The minimum absolute atomic E-state index is 0.285. The van der Waals surface area contributed by atoms with Crippen molar-refractivity contribution >= 4 is 11.6 Å². The second kappa shape index (κ2) is 10.1. The van der Waals surface area contributed by atoms with Crippen LogP contribution in [0, 0.1) is 5.82 Å². The molecule has 0 fully saturated rings. The molecule has 0 radical (unpaired) electrons. The molecule has 0 saturated heterocycles. The fourth-order valence-electron chi connectivity index (χ4n) is 2.03. The number of unbranched alkanes of at least 4 members (excludes halogenated alkanes) is 6. The molecule has 0 aromatic heterocycles. The molecule has 0 aliphatic carbocycles. The Bertz CT molecular complexity index is 355. The van der Waals surface area contributed by atoms with Crippen LogP contribution in [0.25, 0.3) is 0 Å². The highest BCUT2D eigenvalue weighted by atomic mass is 35.5. The Morgan fingerprint density at radius 2 is 1.68 bits per heavy atom. The first-order valence-electron chi connectivity index (χ1n) is 7.24. The van der Waals surface area contributed by atoms with E-state index < -0.39 is 0 Å². The third-order valence-corrected chi connectivity index (χ3v) is 3.41. The molecule has 0 bridgehead atoms. The summed E-state index contributed by atoms with van der Waals surface area (Å²) in [7, 11) is 0. The van der Waals surface area contributed by atoms with Gasteiger partial charge in [0.1, 0.15) is 11.6 Å². The topological polar surface area (TPSA) is 9.23 Å². The highest BCUT2D eigenvalue weighted by Gasteiger charge is 2.01. The summed E-state index contributed by atoms with van der Waals surface area (Å²) in [5.74, 6) is 0.611. The number of benzene rings is 1. The van der Waals surface area contributed by atoms with Crippen molar-refractivity contribution in [1.82, 2.24) is 0 Å². The van der Waals surface area contributed by atoms with Gasteiger partial charge in [0, 0.05) is 11.9 Å². The fraction of sp³-hybridized carbons (Fsp3) is 0.625. The van der Waals surface area contributed by atoms with Gasteiger partial charge >= 0.3 is 0 Å². The summed E-state index contributed by atoms with van der Waals surface area (Å²) in [5.41, 5.74) is 0.760. The molecule has 0 N–H and O–H groups in total. The van der Waals surface area contributed by atoms with E-state index in [2.05, 4.69) is 6.92 Å². The van der Waals surface area contributed by atoms with E-state index in [1.165, 1.54) is 50.7 Å². The van der Waals surface area contributed by atoms with Crippen LogP contribution in [0.5, 0.6) is 5.75 Å². The van der Waals surface area contributed by atoms with E-state index in [9.17, 15) is 4.39 Å². The van der Waals surface area contributed by atoms with Crippen LogP contribution in [0.4, 0.5) is 4.39 Å². The fourth-order valence-corrected chi connectivity index (χ4v) is 2.18. The lowest BCUT2D eigenvalue weighted by atomic mass is 10.1. The smallest absolute Gasteiger partial charge is 0.127 e. The zero-order valence-electron chi connectivity index (χ0n) is 11.8. The quantitative estimate of drug-likeness (QED) is 0.396. The number of halogens is 2. The molecule has 1 nitrogen and oxygen atoms in total. The van der Waals surface area contributed by atoms with Crippen molar-refractivity contribution in [2.75, 3.05) is 6.61 Å². The van der Waals surface area contributed by atoms with Gasteiger partial charge in [-0.25, -0.2) is 4.39 Å². The summed E-state index contributed by atoms with van der Waals surface area (Å²) in [5, 5.41) is 0. The Labute approximate surface area is 121 Å². The Balaban J connectivity index is 2.13. The summed E-state index contributed by atoms with van der Waals surface area (Å²) in [6.45, 7) is 2.88. The Morgan fingerprint density at radius 3 is 2.37 bits per heavy atom. The van der Waals surface area contributed by atoms with Crippen molar-refractivity contribution in [3.8, 4) is 5.75 Å². The SMILES string of the molecule is CCCCCCCCCOc1cc(F)cc(CCl)c1. The van der Waals surface area contributed by atoms with Gasteiger partial charge in [-0.2, -0.15) is 0 Å². The van der Waals surface area contributed by atoms with Gasteiger partial charge in [0.2, 0.25) is 0 Å². The Hall–Kier alpha value is -0.760. The largest absolute Gasteiger partial charge is 0.493 e. The summed E-state index contributed by atoms with van der Waals surface area (Å²) in [6.07, 6.45) is 8.73. The Kier molecular flexibility index (Phi) is 8.64. The predicted molar refractivity (Wildman–Crippen MR) is 79.4 cm³/mol. The maximum absolute atomic E-state index is 13.2. The van der Waals surface area contributed by atoms with Crippen molar-refractivity contribution in [2.24, 2.45) is 0 Å². The molecule has 1 aromatic carbocycles. The minimum Gasteiger partial charge on any atom is -0.493 e. The van der Waals surface area contributed by atoms with Gasteiger partial charge in [0.15, 0.2) is 0 Å². The first-order chi connectivity index (χ1) is 9.26. The van der Waals surface area contributed by atoms with Crippen LogP contribution in [0.1, 0.15) is 57.4 Å². The first kappa shape index (κ1) is 16.3. The van der Waals surface area contributed by atoms with E-state index in [-0.39, 0.29) is 5.82 Å². The molecule has 0 unspecified atom stereocenters. The molecule has 0 spiro atoms. The molecule has 0 saturated carbocycles. The summed E-state index contributed by atoms with van der Waals surface area (Å²) in [6, 6.07) is 4.65. The van der Waals surface area contributed by atoms with E-state index in [0.717, 1.165) is 12.0 Å². The first-order valence-corrected chi connectivity index (χ1v) is 7.78. The van der Waals surface area contributed by atoms with Crippen LogP contribution in [0.3, 0.4) is 0 Å². The van der Waals surface area contributed by atoms with E-state index >= 15 is 0 Å². The van der Waals surface area contributed by atoms with Crippen LogP contribution in [-0.4, -0.2) is 6.61 Å². The average Bonchev–Trinajstić information content (AvgIpc) is 2.41. The molecule has 3 heteroatoms. The molecule has 108 valence electrons. The molecule has 0 atom stereocenters. The highest BCUT2D eigenvalue weighted by molar-refractivity contribution is 6.17. The minimum atomic E-state index is -0.285. The number of alkyl halides is 1. The van der Waals surface area contributed by atoms with E-state index in [1.807, 2.05) is 0 Å². The summed E-state index contributed by atoms with van der Waals surface area (Å²) >= 11 is 5.69. The van der Waals surface area contributed by atoms with Crippen LogP contribution in [0.15, 0.2) is 18.2 Å². The van der Waals surface area contributed by atoms with Gasteiger partial charge in [-0.05, 0) is 24.1 Å². The van der Waals surface area contributed by atoms with Crippen LogP contribution in [-0.2, 0) is 5.88 Å². The maximum Gasteiger partial charge on any atom is 0.127 e. The monoisotopic (exact) mass is 286 g/mol. The van der Waals surface area contributed by atoms with Crippen LogP contribution in [0.2, 0.25) is 0 Å². The molecule has 0 heterocycles. The summed E-state index contributed by atoms with van der Waals surface area (Å²) < 4.78 is 18.8. The van der Waals surface area contributed by atoms with Gasteiger partial charge in [0.25, 0.3) is 0 Å². The van der Waals surface area contributed by atoms with E-state index in [1.54, 1.807) is 6.07 Å². The second-order valence-electron chi connectivity index (χ2n) is 4.90. The third-order valence-electron chi connectivity index (χ3n) is 3.10. The molecule has 19 heavy (non-hydrogen) atoms. The van der Waals surface area contributed by atoms with Gasteiger partial charge in [-0.15, -0.1) is 11.6 Å². The number of hydrogen-bond acceptors (Lipinski definition) is 1. The third kappa shape index (κ3) is 7.41. The van der Waals surface area contributed by atoms with E-state index in [0.29, 0.717) is 18.2 Å². The Morgan fingerprint density at radius 1 is 1.00 bits per heavy atom. The van der Waals surface area contributed by atoms with E-state index in [4.69, 9.17) is 16.3 Å². The highest BCUT2D eigenvalue weighted by Crippen LogP contribution is 2.18. The average molecular weight is 287 g/mol. The normalized spacial score (nSPS) is 10.7. The summed E-state index contributed by atoms with van der Waals surface area (Å²) in [4.78, 5) is 0. The van der Waals surface area contributed by atoms with Crippen LogP contribution < -0.4 is 4.74 Å². The molecule has 0 amide bonds. The van der Waals surface area contributed by atoms with Crippen molar-refractivity contribution < 1.29 is 9.13 Å². The number of hydrogen-bond donors (Lipinski definition) is 0. The zero-order chi connectivity index (χ0) is 13.9. The van der Waals surface area contributed by atoms with Crippen molar-refractivity contribution in [1.29, 1.82) is 0 Å². The predicted octanol–water partition coefficient (Wildman–Crippen LogP) is 5.69.